The van der Waals surface area contributed by atoms with Gasteiger partial charge in [-0.2, -0.15) is 0 Å². The van der Waals surface area contributed by atoms with Gasteiger partial charge in [0.1, 0.15) is 12.4 Å². The Balaban J connectivity index is 2.14. The summed E-state index contributed by atoms with van der Waals surface area (Å²) in [7, 11) is 0. The Morgan fingerprint density at radius 1 is 1.33 bits per heavy atom. The molecular weight excluding hydrogens is 196 g/mol. The number of Topliss-reactive ketones (excluding diaryl/α,β-unsaturated/α-hetero) is 1. The normalized spacial score (nSPS) is 20.0. The number of hydrogen-bond acceptors (Lipinski definition) is 4. The van der Waals surface area contributed by atoms with Gasteiger partial charge in [-0.3, -0.25) is 9.59 Å². The molecule has 0 aliphatic carbocycles. The first-order valence-corrected chi connectivity index (χ1v) is 4.65. The number of benzene rings is 1. The zero-order valence-electron chi connectivity index (χ0n) is 7.97. The van der Waals surface area contributed by atoms with Crippen LogP contribution in [-0.2, 0) is 9.53 Å². The number of hydrogen-bond donors (Lipinski definition) is 1. The average Bonchev–Trinajstić information content (AvgIpc) is 2.65. The lowest BCUT2D eigenvalue weighted by Crippen LogP contribution is -2.14. The van der Waals surface area contributed by atoms with Crippen molar-refractivity contribution >= 4 is 11.8 Å². The molecule has 2 rings (SSSR count). The summed E-state index contributed by atoms with van der Waals surface area (Å²) in [6, 6.07) is 5.98. The van der Waals surface area contributed by atoms with Crippen LogP contribution in [0.15, 0.2) is 24.3 Å². The first kappa shape index (κ1) is 9.71. The molecule has 0 radical (unpaired) electrons. The van der Waals surface area contributed by atoms with Crippen molar-refractivity contribution in [1.29, 1.82) is 0 Å². The fraction of sp³-hybridized carbons (Fsp3) is 0.273. The van der Waals surface area contributed by atoms with Crippen molar-refractivity contribution in [3.8, 4) is 5.75 Å². The van der Waals surface area contributed by atoms with Crippen molar-refractivity contribution in [3.05, 3.63) is 29.8 Å². The van der Waals surface area contributed by atoms with Gasteiger partial charge in [-0.25, -0.2) is 0 Å². The third-order valence-corrected chi connectivity index (χ3v) is 2.38. The maximum atomic E-state index is 11.8. The van der Waals surface area contributed by atoms with E-state index < -0.39 is 0 Å². The predicted molar refractivity (Wildman–Crippen MR) is 51.5 cm³/mol. The summed E-state index contributed by atoms with van der Waals surface area (Å²) in [6.07, 6.45) is 0.152. The molecule has 1 aromatic rings. The van der Waals surface area contributed by atoms with Crippen LogP contribution in [0.1, 0.15) is 16.8 Å². The summed E-state index contributed by atoms with van der Waals surface area (Å²) in [6.45, 7) is 0.165. The SMILES string of the molecule is O=C1CC(C(=O)c2ccc(O)cc2)CO1. The first-order valence-electron chi connectivity index (χ1n) is 4.65. The van der Waals surface area contributed by atoms with Crippen LogP contribution >= 0.6 is 0 Å². The Morgan fingerprint density at radius 2 is 2.00 bits per heavy atom. The quantitative estimate of drug-likeness (QED) is 0.582. The van der Waals surface area contributed by atoms with E-state index in [0.717, 1.165) is 0 Å². The highest BCUT2D eigenvalue weighted by atomic mass is 16.5. The number of esters is 1. The molecule has 1 saturated heterocycles. The van der Waals surface area contributed by atoms with Gasteiger partial charge in [0.2, 0.25) is 0 Å². The lowest BCUT2D eigenvalue weighted by molar-refractivity contribution is -0.137. The topological polar surface area (TPSA) is 63.6 Å². The summed E-state index contributed by atoms with van der Waals surface area (Å²) in [5, 5.41) is 9.06. The second-order valence-corrected chi connectivity index (χ2v) is 3.50. The van der Waals surface area contributed by atoms with Crippen LogP contribution in [-0.4, -0.2) is 23.5 Å². The second-order valence-electron chi connectivity index (χ2n) is 3.50. The van der Waals surface area contributed by atoms with E-state index in [2.05, 4.69) is 0 Å². The molecule has 1 aliphatic heterocycles. The van der Waals surface area contributed by atoms with E-state index in [1.165, 1.54) is 12.1 Å². The number of ketones is 1. The predicted octanol–water partition coefficient (Wildman–Crippen LogP) is 1.14. The summed E-state index contributed by atoms with van der Waals surface area (Å²) in [5.41, 5.74) is 0.496. The van der Waals surface area contributed by atoms with E-state index in [1.807, 2.05) is 0 Å². The lowest BCUT2D eigenvalue weighted by atomic mass is 9.97. The maximum absolute atomic E-state index is 11.8. The van der Waals surface area contributed by atoms with E-state index in [-0.39, 0.29) is 36.4 Å². The molecule has 0 aromatic heterocycles. The summed E-state index contributed by atoms with van der Waals surface area (Å²) < 4.78 is 4.72. The van der Waals surface area contributed by atoms with Crippen molar-refractivity contribution in [2.45, 2.75) is 6.42 Å². The molecule has 1 aliphatic rings. The number of cyclic esters (lactones) is 1. The van der Waals surface area contributed by atoms with Crippen LogP contribution < -0.4 is 0 Å². The Bertz CT molecular complexity index is 394. The van der Waals surface area contributed by atoms with Crippen LogP contribution in [0.25, 0.3) is 0 Å². The van der Waals surface area contributed by atoms with Crippen molar-refractivity contribution in [1.82, 2.24) is 0 Å². The first-order chi connectivity index (χ1) is 7.16. The van der Waals surface area contributed by atoms with Crippen molar-refractivity contribution < 1.29 is 19.4 Å². The van der Waals surface area contributed by atoms with Gasteiger partial charge in [-0.15, -0.1) is 0 Å². The minimum atomic E-state index is -0.373. The van der Waals surface area contributed by atoms with Gasteiger partial charge in [-0.1, -0.05) is 0 Å². The van der Waals surface area contributed by atoms with Gasteiger partial charge in [0.25, 0.3) is 0 Å². The highest BCUT2D eigenvalue weighted by Crippen LogP contribution is 2.20. The zero-order valence-corrected chi connectivity index (χ0v) is 7.97. The van der Waals surface area contributed by atoms with Gasteiger partial charge in [0, 0.05) is 5.56 Å². The van der Waals surface area contributed by atoms with E-state index in [1.54, 1.807) is 12.1 Å². The molecule has 1 unspecified atom stereocenters. The van der Waals surface area contributed by atoms with Crippen LogP contribution in [0.4, 0.5) is 0 Å². The minimum absolute atomic E-state index is 0.110. The maximum Gasteiger partial charge on any atom is 0.306 e. The molecule has 78 valence electrons. The Hall–Kier alpha value is -1.84. The number of phenols is 1. The Labute approximate surface area is 86.5 Å². The van der Waals surface area contributed by atoms with Crippen LogP contribution in [0.5, 0.6) is 5.75 Å². The third kappa shape index (κ3) is 1.98. The molecule has 1 aromatic carbocycles. The van der Waals surface area contributed by atoms with Crippen molar-refractivity contribution in [2.75, 3.05) is 6.61 Å². The molecule has 0 bridgehead atoms. The number of rotatable bonds is 2. The largest absolute Gasteiger partial charge is 0.508 e. The molecular formula is C11H10O4. The van der Waals surface area contributed by atoms with Gasteiger partial charge >= 0.3 is 5.97 Å². The smallest absolute Gasteiger partial charge is 0.306 e. The van der Waals surface area contributed by atoms with Gasteiger partial charge in [0.15, 0.2) is 5.78 Å². The summed E-state index contributed by atoms with van der Waals surface area (Å²) in [5.74, 6) is -0.694. The fourth-order valence-corrected chi connectivity index (χ4v) is 1.54. The molecule has 1 heterocycles. The Kier molecular flexibility index (Phi) is 2.41. The van der Waals surface area contributed by atoms with Crippen LogP contribution in [0.2, 0.25) is 0 Å². The number of phenolic OH excluding ortho intramolecular Hbond substituents is 1. The highest BCUT2D eigenvalue weighted by molar-refractivity contribution is 6.00. The standard InChI is InChI=1S/C11H10O4/c12-9-3-1-7(2-4-9)11(14)8-5-10(13)15-6-8/h1-4,8,12H,5-6H2. The van der Waals surface area contributed by atoms with Gasteiger partial charge in [-0.05, 0) is 24.3 Å². The molecule has 4 nitrogen and oxygen atoms in total. The molecule has 1 N–H and O–H groups in total. The van der Waals surface area contributed by atoms with E-state index in [4.69, 9.17) is 9.84 Å². The molecule has 0 amide bonds. The minimum Gasteiger partial charge on any atom is -0.508 e. The molecule has 1 fully saturated rings. The number of aromatic hydroxyl groups is 1. The van der Waals surface area contributed by atoms with Crippen molar-refractivity contribution in [2.24, 2.45) is 5.92 Å². The van der Waals surface area contributed by atoms with E-state index in [0.29, 0.717) is 5.56 Å². The van der Waals surface area contributed by atoms with Gasteiger partial charge < -0.3 is 9.84 Å². The molecule has 1 atom stereocenters. The van der Waals surface area contributed by atoms with E-state index >= 15 is 0 Å². The molecule has 0 spiro atoms. The summed E-state index contributed by atoms with van der Waals surface area (Å²) >= 11 is 0. The second kappa shape index (κ2) is 3.73. The molecule has 0 saturated carbocycles. The number of carbonyl (C=O) groups excluding carboxylic acids is 2. The Morgan fingerprint density at radius 3 is 2.53 bits per heavy atom. The lowest BCUT2D eigenvalue weighted by Gasteiger charge is -2.04. The number of carbonyl (C=O) groups is 2. The monoisotopic (exact) mass is 206 g/mol. The highest BCUT2D eigenvalue weighted by Gasteiger charge is 2.30. The van der Waals surface area contributed by atoms with Crippen LogP contribution in [0, 0.1) is 5.92 Å². The molecule has 4 heteroatoms. The summed E-state index contributed by atoms with van der Waals surface area (Å²) in [4.78, 5) is 22.6. The van der Waals surface area contributed by atoms with Crippen LogP contribution in [0.3, 0.4) is 0 Å². The number of ether oxygens (including phenoxy) is 1. The van der Waals surface area contributed by atoms with Gasteiger partial charge in [0.05, 0.1) is 12.3 Å². The average molecular weight is 206 g/mol. The van der Waals surface area contributed by atoms with Crippen molar-refractivity contribution in [3.63, 3.8) is 0 Å². The third-order valence-electron chi connectivity index (χ3n) is 2.38. The van der Waals surface area contributed by atoms with E-state index in [9.17, 15) is 9.59 Å². The fourth-order valence-electron chi connectivity index (χ4n) is 1.54. The zero-order chi connectivity index (χ0) is 10.8. The molecule has 15 heavy (non-hydrogen) atoms.